The number of halogens is 3. The number of alkyl halides is 3. The van der Waals surface area contributed by atoms with Gasteiger partial charge in [-0.1, -0.05) is 0 Å². The van der Waals surface area contributed by atoms with Gasteiger partial charge in [0.1, 0.15) is 6.54 Å². The Balaban J connectivity index is 2.35. The van der Waals surface area contributed by atoms with E-state index in [1.54, 1.807) is 0 Å². The Bertz CT molecular complexity index is 203. The number of hydrogen-bond donors (Lipinski definition) is 2. The summed E-state index contributed by atoms with van der Waals surface area (Å²) in [6.45, 7) is -1.07. The van der Waals surface area contributed by atoms with E-state index in [4.69, 9.17) is 0 Å². The van der Waals surface area contributed by atoms with E-state index in [2.05, 4.69) is 15.3 Å². The fourth-order valence-corrected chi connectivity index (χ4v) is 0.546. The number of nitrogens with zero attached hydrogens (tertiary/aromatic N) is 1. The van der Waals surface area contributed by atoms with E-state index in [-0.39, 0.29) is 5.95 Å². The normalized spacial score (nSPS) is 11.5. The van der Waals surface area contributed by atoms with Crippen LogP contribution in [0.3, 0.4) is 0 Å². The maximum absolute atomic E-state index is 11.5. The first-order chi connectivity index (χ1) is 5.08. The van der Waals surface area contributed by atoms with Gasteiger partial charge in [-0.3, -0.25) is 0 Å². The molecule has 0 aliphatic heterocycles. The molecule has 62 valence electrons. The summed E-state index contributed by atoms with van der Waals surface area (Å²) >= 11 is 0. The maximum atomic E-state index is 11.5. The fourth-order valence-electron chi connectivity index (χ4n) is 0.546. The van der Waals surface area contributed by atoms with Crippen molar-refractivity contribution in [3.05, 3.63) is 12.4 Å². The summed E-state index contributed by atoms with van der Waals surface area (Å²) < 4.78 is 34.6. The summed E-state index contributed by atoms with van der Waals surface area (Å²) in [5.74, 6) is 0.127. The molecule has 0 bridgehead atoms. The molecule has 11 heavy (non-hydrogen) atoms. The Morgan fingerprint density at radius 2 is 2.27 bits per heavy atom. The molecular weight excluding hydrogens is 159 g/mol. The quantitative estimate of drug-likeness (QED) is 0.695. The Labute approximate surface area is 60.6 Å². The summed E-state index contributed by atoms with van der Waals surface area (Å²) in [4.78, 5) is 6.04. The number of H-pyrrole nitrogens is 1. The van der Waals surface area contributed by atoms with Gasteiger partial charge in [-0.15, -0.1) is 0 Å². The molecule has 0 atom stereocenters. The zero-order valence-electron chi connectivity index (χ0n) is 5.44. The number of hydrogen-bond acceptors (Lipinski definition) is 2. The number of imidazole rings is 1. The molecule has 0 fully saturated rings. The largest absolute Gasteiger partial charge is 0.405 e. The highest BCUT2D eigenvalue weighted by Gasteiger charge is 2.26. The zero-order valence-corrected chi connectivity index (χ0v) is 5.44. The molecule has 1 rings (SSSR count). The molecule has 0 radical (unpaired) electrons. The van der Waals surface area contributed by atoms with Crippen molar-refractivity contribution in [2.45, 2.75) is 6.18 Å². The monoisotopic (exact) mass is 165 g/mol. The summed E-state index contributed by atoms with van der Waals surface area (Å²) in [7, 11) is 0. The van der Waals surface area contributed by atoms with Crippen LogP contribution < -0.4 is 5.32 Å². The van der Waals surface area contributed by atoms with Gasteiger partial charge in [-0.25, -0.2) is 4.98 Å². The summed E-state index contributed by atoms with van der Waals surface area (Å²) in [6, 6.07) is 0. The highest BCUT2D eigenvalue weighted by Crippen LogP contribution is 2.14. The lowest BCUT2D eigenvalue weighted by molar-refractivity contribution is -0.115. The zero-order chi connectivity index (χ0) is 8.32. The Morgan fingerprint density at radius 1 is 1.55 bits per heavy atom. The van der Waals surface area contributed by atoms with Crippen molar-refractivity contribution in [3.8, 4) is 0 Å². The third kappa shape index (κ3) is 2.92. The van der Waals surface area contributed by atoms with E-state index >= 15 is 0 Å². The molecule has 1 aromatic heterocycles. The lowest BCUT2D eigenvalue weighted by Gasteiger charge is -2.05. The van der Waals surface area contributed by atoms with Crippen molar-refractivity contribution in [2.24, 2.45) is 0 Å². The minimum atomic E-state index is -4.20. The van der Waals surface area contributed by atoms with Gasteiger partial charge in [-0.2, -0.15) is 13.2 Å². The third-order valence-electron chi connectivity index (χ3n) is 0.955. The van der Waals surface area contributed by atoms with Crippen LogP contribution in [-0.2, 0) is 0 Å². The molecule has 0 spiro atoms. The van der Waals surface area contributed by atoms with Crippen molar-refractivity contribution in [2.75, 3.05) is 11.9 Å². The number of aromatic nitrogens is 2. The van der Waals surface area contributed by atoms with Gasteiger partial charge in [0.15, 0.2) is 5.95 Å². The van der Waals surface area contributed by atoms with Crippen LogP contribution in [0.4, 0.5) is 19.1 Å². The molecule has 0 saturated carbocycles. The van der Waals surface area contributed by atoms with Crippen LogP contribution in [0.25, 0.3) is 0 Å². The predicted octanol–water partition coefficient (Wildman–Crippen LogP) is 1.38. The van der Waals surface area contributed by atoms with Gasteiger partial charge in [0.2, 0.25) is 0 Å². The average molecular weight is 165 g/mol. The predicted molar refractivity (Wildman–Crippen MR) is 33.1 cm³/mol. The van der Waals surface area contributed by atoms with Crippen molar-refractivity contribution in [1.82, 2.24) is 9.97 Å². The van der Waals surface area contributed by atoms with Crippen LogP contribution in [0.2, 0.25) is 0 Å². The molecular formula is C5H6F3N3. The minimum absolute atomic E-state index is 0.127. The van der Waals surface area contributed by atoms with Gasteiger partial charge < -0.3 is 10.3 Å². The first-order valence-electron chi connectivity index (χ1n) is 2.88. The topological polar surface area (TPSA) is 40.7 Å². The van der Waals surface area contributed by atoms with E-state index in [9.17, 15) is 13.2 Å². The van der Waals surface area contributed by atoms with E-state index in [0.717, 1.165) is 0 Å². The molecule has 0 aliphatic carbocycles. The second-order valence-corrected chi connectivity index (χ2v) is 1.91. The van der Waals surface area contributed by atoms with Crippen molar-refractivity contribution in [3.63, 3.8) is 0 Å². The molecule has 1 aromatic rings. The Hall–Kier alpha value is -1.20. The third-order valence-corrected chi connectivity index (χ3v) is 0.955. The lowest BCUT2D eigenvalue weighted by atomic mass is 10.6. The first-order valence-corrected chi connectivity index (χ1v) is 2.88. The molecule has 2 N–H and O–H groups in total. The van der Waals surface area contributed by atoms with Crippen LogP contribution >= 0.6 is 0 Å². The van der Waals surface area contributed by atoms with Gasteiger partial charge >= 0.3 is 6.18 Å². The highest BCUT2D eigenvalue weighted by molar-refractivity contribution is 5.22. The van der Waals surface area contributed by atoms with E-state index < -0.39 is 12.7 Å². The van der Waals surface area contributed by atoms with Gasteiger partial charge in [-0.05, 0) is 0 Å². The molecule has 0 amide bonds. The Kier molecular flexibility index (Phi) is 2.02. The van der Waals surface area contributed by atoms with Crippen molar-refractivity contribution >= 4 is 5.95 Å². The second-order valence-electron chi connectivity index (χ2n) is 1.91. The van der Waals surface area contributed by atoms with Crippen LogP contribution in [-0.4, -0.2) is 22.7 Å². The van der Waals surface area contributed by atoms with Crippen molar-refractivity contribution < 1.29 is 13.2 Å². The molecule has 3 nitrogen and oxygen atoms in total. The van der Waals surface area contributed by atoms with E-state index in [1.807, 2.05) is 0 Å². The van der Waals surface area contributed by atoms with Crippen LogP contribution in [0.1, 0.15) is 0 Å². The molecule has 0 aliphatic rings. The smallest absolute Gasteiger partial charge is 0.347 e. The van der Waals surface area contributed by atoms with Gasteiger partial charge in [0.05, 0.1) is 0 Å². The number of anilines is 1. The van der Waals surface area contributed by atoms with E-state index in [1.165, 1.54) is 12.4 Å². The Morgan fingerprint density at radius 3 is 2.73 bits per heavy atom. The molecule has 0 aromatic carbocycles. The summed E-state index contributed by atoms with van der Waals surface area (Å²) in [6.07, 6.45) is -1.38. The van der Waals surface area contributed by atoms with E-state index in [0.29, 0.717) is 0 Å². The highest BCUT2D eigenvalue weighted by atomic mass is 19.4. The molecule has 1 heterocycles. The summed E-state index contributed by atoms with van der Waals surface area (Å²) in [5.41, 5.74) is 0. The average Bonchev–Trinajstić information content (AvgIpc) is 2.32. The van der Waals surface area contributed by atoms with Crippen LogP contribution in [0.5, 0.6) is 0 Å². The lowest BCUT2D eigenvalue weighted by Crippen LogP contribution is -2.21. The second kappa shape index (κ2) is 2.81. The van der Waals surface area contributed by atoms with Gasteiger partial charge in [0.25, 0.3) is 0 Å². The SMILES string of the molecule is FC(F)(F)CNc1ncc[nH]1. The standard InChI is InChI=1S/C5H6F3N3/c6-5(7,8)3-11-4-9-1-2-10-4/h1-2H,3H2,(H2,9,10,11). The molecule has 6 heteroatoms. The number of rotatable bonds is 2. The van der Waals surface area contributed by atoms with Crippen LogP contribution in [0, 0.1) is 0 Å². The van der Waals surface area contributed by atoms with Gasteiger partial charge in [0, 0.05) is 12.4 Å². The number of nitrogens with one attached hydrogen (secondary N) is 2. The fraction of sp³-hybridized carbons (Fsp3) is 0.400. The molecule has 0 saturated heterocycles. The minimum Gasteiger partial charge on any atom is -0.347 e. The van der Waals surface area contributed by atoms with Crippen LogP contribution in [0.15, 0.2) is 12.4 Å². The first kappa shape index (κ1) is 7.90. The summed E-state index contributed by atoms with van der Waals surface area (Å²) in [5, 5.41) is 2.07. The number of aromatic amines is 1. The maximum Gasteiger partial charge on any atom is 0.405 e. The molecule has 0 unspecified atom stereocenters. The van der Waals surface area contributed by atoms with Crippen molar-refractivity contribution in [1.29, 1.82) is 0 Å².